The number of hydrogen-bond acceptors (Lipinski definition) is 12. The van der Waals surface area contributed by atoms with Gasteiger partial charge in [-0.05, 0) is 126 Å². The lowest BCUT2D eigenvalue weighted by atomic mass is 10.2. The molecule has 0 radical (unpaired) electrons. The van der Waals surface area contributed by atoms with Gasteiger partial charge in [0.2, 0.25) is 20.0 Å². The maximum atomic E-state index is 15.5. The fourth-order valence-corrected chi connectivity index (χ4v) is 10.1. The quantitative estimate of drug-likeness (QED) is 0.110. The molecule has 16 nitrogen and oxygen atoms in total. The molecule has 2 N–H and O–H groups in total. The van der Waals surface area contributed by atoms with E-state index in [4.69, 9.17) is 18.9 Å². The average Bonchev–Trinajstić information content (AvgIpc) is 3.64. The van der Waals surface area contributed by atoms with Crippen LogP contribution in [-0.2, 0) is 44.4 Å². The summed E-state index contributed by atoms with van der Waals surface area (Å²) in [4.78, 5) is 11.4. The van der Waals surface area contributed by atoms with Gasteiger partial charge < -0.3 is 24.3 Å². The maximum absolute atomic E-state index is 15.5. The summed E-state index contributed by atoms with van der Waals surface area (Å²) < 4.78 is 86.6. The molecule has 0 aliphatic rings. The molecular weight excluding hydrogens is 902 g/mol. The third-order valence-corrected chi connectivity index (χ3v) is 13.0. The Morgan fingerprint density at radius 3 is 1.78 bits per heavy atom. The van der Waals surface area contributed by atoms with Crippen LogP contribution in [0.3, 0.4) is 0 Å². The monoisotopic (exact) mass is 947 g/mol. The Morgan fingerprint density at radius 2 is 1.29 bits per heavy atom. The SMILES string of the molecule is COc1ccc(CN(Cc2ccc(OC)cc2)S(=O)(=O)c2c(S(=O)(=O)NC[C@H](C)NC(=O)OC(C)(C)C)ccc(I)c2-c2nnnn2Cc2ccc(OC)cc2)cc1. The van der Waals surface area contributed by atoms with E-state index in [1.807, 2.05) is 34.7 Å². The van der Waals surface area contributed by atoms with Crippen molar-refractivity contribution in [3.05, 3.63) is 105 Å². The van der Waals surface area contributed by atoms with Gasteiger partial charge in [-0.2, -0.15) is 4.31 Å². The molecule has 5 rings (SSSR count). The van der Waals surface area contributed by atoms with Crippen LogP contribution in [0.1, 0.15) is 44.4 Å². The second-order valence-corrected chi connectivity index (χ2v) is 18.9. The minimum atomic E-state index is -4.77. The summed E-state index contributed by atoms with van der Waals surface area (Å²) in [7, 11) is -4.78. The molecule has 1 heterocycles. The van der Waals surface area contributed by atoms with Crippen LogP contribution in [0.15, 0.2) is 94.7 Å². The Kier molecular flexibility index (Phi) is 14.4. The molecular formula is C39H46IN7O9S2. The summed E-state index contributed by atoms with van der Waals surface area (Å²) in [5, 5.41) is 14.9. The highest BCUT2D eigenvalue weighted by Crippen LogP contribution is 2.38. The Balaban J connectivity index is 1.67. The van der Waals surface area contributed by atoms with Crippen LogP contribution in [0.25, 0.3) is 11.4 Å². The van der Waals surface area contributed by atoms with Crippen LogP contribution < -0.4 is 24.2 Å². The predicted octanol–water partition coefficient (Wildman–Crippen LogP) is 5.60. The maximum Gasteiger partial charge on any atom is 0.407 e. The number of benzene rings is 4. The molecule has 5 aromatic rings. The summed E-state index contributed by atoms with van der Waals surface area (Å²) in [6.07, 6.45) is -0.740. The van der Waals surface area contributed by atoms with E-state index in [0.717, 1.165) is 5.56 Å². The van der Waals surface area contributed by atoms with E-state index < -0.39 is 47.6 Å². The largest absolute Gasteiger partial charge is 0.497 e. The molecule has 1 amide bonds. The minimum absolute atomic E-state index is 0.0172. The standard InChI is InChI=1S/C39H46IN7O9S2/c1-26(42-38(48)56-39(2,3)4)22-41-57(49,50)34-21-20-33(40)35(37-43-44-45-47(37)25-29-12-18-32(55-7)19-13-29)36(34)58(51,52)46(23-27-8-14-30(53-5)15-9-27)24-28-10-16-31(54-6)17-11-28/h8-21,26,41H,22-25H2,1-7H3,(H,42,48)/t26-/m0/s1. The van der Waals surface area contributed by atoms with E-state index >= 15 is 8.42 Å². The van der Waals surface area contributed by atoms with Crippen molar-refractivity contribution in [3.63, 3.8) is 0 Å². The van der Waals surface area contributed by atoms with Gasteiger partial charge in [0.05, 0.1) is 33.4 Å². The molecule has 19 heteroatoms. The Hall–Kier alpha value is -4.83. The highest BCUT2D eigenvalue weighted by Gasteiger charge is 2.38. The lowest BCUT2D eigenvalue weighted by Gasteiger charge is -2.26. The lowest BCUT2D eigenvalue weighted by Crippen LogP contribution is -2.44. The van der Waals surface area contributed by atoms with Crippen molar-refractivity contribution in [2.75, 3.05) is 27.9 Å². The molecule has 0 fully saturated rings. The van der Waals surface area contributed by atoms with Gasteiger partial charge in [0.1, 0.15) is 32.6 Å². The number of amides is 1. The van der Waals surface area contributed by atoms with Crippen LogP contribution in [-0.4, -0.2) is 87.0 Å². The molecule has 1 aromatic heterocycles. The highest BCUT2D eigenvalue weighted by molar-refractivity contribution is 14.1. The number of tetrazole rings is 1. The Labute approximate surface area is 352 Å². The first kappa shape index (κ1) is 44.3. The first-order chi connectivity index (χ1) is 27.4. The van der Waals surface area contributed by atoms with Gasteiger partial charge in [0, 0.05) is 29.2 Å². The first-order valence-corrected chi connectivity index (χ1v) is 21.9. The second kappa shape index (κ2) is 18.8. The molecule has 0 aliphatic carbocycles. The zero-order valence-corrected chi connectivity index (χ0v) is 36.9. The highest BCUT2D eigenvalue weighted by atomic mass is 127. The smallest absolute Gasteiger partial charge is 0.407 e. The summed E-state index contributed by atoms with van der Waals surface area (Å²) in [6, 6.07) is 23.0. The normalized spacial score (nSPS) is 12.6. The number of alkyl carbamates (subject to hydrolysis) is 1. The second-order valence-electron chi connectivity index (χ2n) is 14.1. The van der Waals surface area contributed by atoms with Crippen LogP contribution in [0.5, 0.6) is 17.2 Å². The molecule has 58 heavy (non-hydrogen) atoms. The van der Waals surface area contributed by atoms with E-state index in [-0.39, 0.29) is 37.6 Å². The molecule has 0 saturated heterocycles. The number of nitrogens with zero attached hydrogens (tertiary/aromatic N) is 5. The van der Waals surface area contributed by atoms with Crippen LogP contribution >= 0.6 is 22.6 Å². The van der Waals surface area contributed by atoms with Gasteiger partial charge in [-0.25, -0.2) is 31.0 Å². The minimum Gasteiger partial charge on any atom is -0.497 e. The van der Waals surface area contributed by atoms with Gasteiger partial charge >= 0.3 is 6.09 Å². The number of nitrogens with one attached hydrogen (secondary N) is 2. The van der Waals surface area contributed by atoms with Crippen molar-refractivity contribution in [2.24, 2.45) is 0 Å². The van der Waals surface area contributed by atoms with E-state index in [0.29, 0.717) is 31.9 Å². The van der Waals surface area contributed by atoms with Gasteiger partial charge in [-0.15, -0.1) is 5.10 Å². The number of hydrogen-bond donors (Lipinski definition) is 2. The topological polar surface area (TPSA) is 193 Å². The average molecular weight is 948 g/mol. The summed E-state index contributed by atoms with van der Waals surface area (Å²) in [5.74, 6) is 1.81. The fourth-order valence-electron chi connectivity index (χ4n) is 5.71. The van der Waals surface area contributed by atoms with Crippen LogP contribution in [0, 0.1) is 3.57 Å². The molecule has 0 spiro atoms. The van der Waals surface area contributed by atoms with E-state index in [2.05, 4.69) is 25.6 Å². The summed E-state index contributed by atoms with van der Waals surface area (Å²) >= 11 is 1.96. The van der Waals surface area contributed by atoms with Gasteiger partial charge in [-0.1, -0.05) is 36.4 Å². The molecule has 0 unspecified atom stereocenters. The summed E-state index contributed by atoms with van der Waals surface area (Å²) in [6.45, 7) is 6.23. The third kappa shape index (κ3) is 11.2. The number of rotatable bonds is 17. The third-order valence-electron chi connectivity index (χ3n) is 8.58. The summed E-state index contributed by atoms with van der Waals surface area (Å²) in [5.41, 5.74) is 1.19. The van der Waals surface area contributed by atoms with Gasteiger partial charge in [-0.3, -0.25) is 0 Å². The van der Waals surface area contributed by atoms with Crippen molar-refractivity contribution in [3.8, 4) is 28.6 Å². The van der Waals surface area contributed by atoms with E-state index in [1.165, 1.54) is 35.3 Å². The van der Waals surface area contributed by atoms with Crippen molar-refractivity contribution in [2.45, 2.75) is 68.8 Å². The van der Waals surface area contributed by atoms with Gasteiger partial charge in [0.15, 0.2) is 5.82 Å². The van der Waals surface area contributed by atoms with Crippen molar-refractivity contribution < 1.29 is 40.6 Å². The number of methoxy groups -OCH3 is 3. The number of carbonyl (C=O) groups excluding carboxylic acids is 1. The zero-order chi connectivity index (χ0) is 42.3. The van der Waals surface area contributed by atoms with Crippen LogP contribution in [0.2, 0.25) is 0 Å². The first-order valence-electron chi connectivity index (χ1n) is 17.9. The zero-order valence-electron chi connectivity index (χ0n) is 33.1. The van der Waals surface area contributed by atoms with Crippen molar-refractivity contribution in [1.82, 2.24) is 34.6 Å². The van der Waals surface area contributed by atoms with E-state index in [9.17, 15) is 13.2 Å². The van der Waals surface area contributed by atoms with Crippen molar-refractivity contribution in [1.29, 1.82) is 0 Å². The number of carbonyl (C=O) groups is 1. The fraction of sp³-hybridized carbons (Fsp3) is 0.333. The number of sulfonamides is 2. The molecule has 0 aliphatic heterocycles. The number of halogens is 1. The Morgan fingerprint density at radius 1 is 0.793 bits per heavy atom. The molecule has 0 saturated carbocycles. The molecule has 0 bridgehead atoms. The molecule has 4 aromatic carbocycles. The number of ether oxygens (including phenoxy) is 4. The number of aromatic nitrogens is 4. The van der Waals surface area contributed by atoms with Crippen molar-refractivity contribution >= 4 is 48.7 Å². The molecule has 310 valence electrons. The predicted molar refractivity (Wildman–Crippen MR) is 225 cm³/mol. The Bertz CT molecular complexity index is 2360. The lowest BCUT2D eigenvalue weighted by molar-refractivity contribution is 0.0509. The molecule has 1 atom stereocenters. The van der Waals surface area contributed by atoms with Gasteiger partial charge in [0.25, 0.3) is 0 Å². The van der Waals surface area contributed by atoms with E-state index in [1.54, 1.807) is 95.5 Å². The van der Waals surface area contributed by atoms with Crippen LogP contribution in [0.4, 0.5) is 4.79 Å².